The summed E-state index contributed by atoms with van der Waals surface area (Å²) in [6.07, 6.45) is 0.356. The van der Waals surface area contributed by atoms with Crippen molar-refractivity contribution in [3.63, 3.8) is 0 Å². The minimum absolute atomic E-state index is 0.0621. The van der Waals surface area contributed by atoms with Crippen LogP contribution in [0.2, 0.25) is 0 Å². The van der Waals surface area contributed by atoms with Gasteiger partial charge in [-0.2, -0.15) is 4.98 Å². The number of hydrogen-bond donors (Lipinski definition) is 1. The maximum absolute atomic E-state index is 12.1. The van der Waals surface area contributed by atoms with Crippen LogP contribution in [0.1, 0.15) is 33.4 Å². The maximum atomic E-state index is 12.1. The van der Waals surface area contributed by atoms with Crippen LogP contribution < -0.4 is 11.4 Å². The number of azide groups is 1. The van der Waals surface area contributed by atoms with Crippen LogP contribution in [0.5, 0.6) is 0 Å². The zero-order valence-electron chi connectivity index (χ0n) is 13.7. The molecule has 0 bridgehead atoms. The van der Waals surface area contributed by atoms with E-state index in [1.54, 1.807) is 0 Å². The lowest BCUT2D eigenvalue weighted by Gasteiger charge is -2.30. The Kier molecular flexibility index (Phi) is 5.10. The van der Waals surface area contributed by atoms with E-state index in [9.17, 15) is 9.59 Å². The second-order valence-electron chi connectivity index (χ2n) is 5.72. The van der Waals surface area contributed by atoms with Crippen LogP contribution in [-0.4, -0.2) is 33.8 Å². The predicted molar refractivity (Wildman–Crippen MR) is 84.8 cm³/mol. The van der Waals surface area contributed by atoms with Gasteiger partial charge in [-0.25, -0.2) is 4.79 Å². The molecule has 0 aliphatic carbocycles. The molecule has 10 heteroatoms. The van der Waals surface area contributed by atoms with E-state index in [0.717, 1.165) is 0 Å². The topological polar surface area (TPSA) is 145 Å². The molecule has 1 saturated heterocycles. The van der Waals surface area contributed by atoms with E-state index >= 15 is 0 Å². The first-order valence-electron chi connectivity index (χ1n) is 7.55. The average Bonchev–Trinajstić information content (AvgIpc) is 2.79. The molecule has 0 radical (unpaired) electrons. The molecule has 10 nitrogen and oxygen atoms in total. The Balaban J connectivity index is 2.48. The van der Waals surface area contributed by atoms with E-state index in [-0.39, 0.29) is 18.3 Å². The summed E-state index contributed by atoms with van der Waals surface area (Å²) >= 11 is 0. The lowest BCUT2D eigenvalue weighted by atomic mass is 9.85. The molecule has 1 aliphatic rings. The van der Waals surface area contributed by atoms with Gasteiger partial charge >= 0.3 is 11.7 Å². The SMILES string of the molecule is CC[C@@]1(CN=[N+]=[N-])O[C@@H](n2ccc(N)nc2=O)[C@@H](OC(C)=O)[C@@H]1C. The molecule has 1 aromatic heterocycles. The molecule has 1 aromatic rings. The van der Waals surface area contributed by atoms with Crippen LogP contribution >= 0.6 is 0 Å². The van der Waals surface area contributed by atoms with Crippen LogP contribution in [0, 0.1) is 5.92 Å². The van der Waals surface area contributed by atoms with E-state index in [1.165, 1.54) is 23.8 Å². The van der Waals surface area contributed by atoms with Crippen LogP contribution in [0.15, 0.2) is 22.2 Å². The Hall–Kier alpha value is -2.58. The minimum atomic E-state index is -0.877. The molecule has 1 fully saturated rings. The summed E-state index contributed by atoms with van der Waals surface area (Å²) in [6, 6.07) is 1.46. The first kappa shape index (κ1) is 17.8. The number of aromatic nitrogens is 2. The van der Waals surface area contributed by atoms with Crippen molar-refractivity contribution in [2.75, 3.05) is 12.3 Å². The zero-order chi connectivity index (χ0) is 17.9. The molecule has 1 aliphatic heterocycles. The molecule has 0 amide bonds. The van der Waals surface area contributed by atoms with Crippen molar-refractivity contribution in [3.8, 4) is 0 Å². The van der Waals surface area contributed by atoms with Crippen molar-refractivity contribution < 1.29 is 14.3 Å². The molecule has 0 spiro atoms. The van der Waals surface area contributed by atoms with Crippen LogP contribution in [0.3, 0.4) is 0 Å². The molecule has 130 valence electrons. The first-order chi connectivity index (χ1) is 11.3. The predicted octanol–water partition coefficient (Wildman–Crippen LogP) is 1.38. The van der Waals surface area contributed by atoms with E-state index in [2.05, 4.69) is 15.0 Å². The van der Waals surface area contributed by atoms with Gasteiger partial charge in [0.1, 0.15) is 5.82 Å². The van der Waals surface area contributed by atoms with Gasteiger partial charge in [0, 0.05) is 24.0 Å². The summed E-state index contributed by atoms with van der Waals surface area (Å²) in [7, 11) is 0. The summed E-state index contributed by atoms with van der Waals surface area (Å²) < 4.78 is 12.7. The van der Waals surface area contributed by atoms with Crippen molar-refractivity contribution >= 4 is 11.8 Å². The highest BCUT2D eigenvalue weighted by atomic mass is 16.6. The molecule has 4 atom stereocenters. The monoisotopic (exact) mass is 336 g/mol. The quantitative estimate of drug-likeness (QED) is 0.372. The lowest BCUT2D eigenvalue weighted by molar-refractivity contribution is -0.154. The third-order valence-corrected chi connectivity index (χ3v) is 4.39. The van der Waals surface area contributed by atoms with Gasteiger partial charge in [-0.05, 0) is 18.0 Å². The summed E-state index contributed by atoms with van der Waals surface area (Å²) in [5.74, 6) is -0.707. The zero-order valence-corrected chi connectivity index (χ0v) is 13.7. The Morgan fingerprint density at radius 3 is 2.92 bits per heavy atom. The highest BCUT2D eigenvalue weighted by molar-refractivity contribution is 5.66. The third-order valence-electron chi connectivity index (χ3n) is 4.39. The van der Waals surface area contributed by atoms with E-state index in [0.29, 0.717) is 6.42 Å². The van der Waals surface area contributed by atoms with Gasteiger partial charge in [-0.1, -0.05) is 19.0 Å². The Bertz CT molecular complexity index is 728. The minimum Gasteiger partial charge on any atom is -0.457 e. The number of anilines is 1. The van der Waals surface area contributed by atoms with Gasteiger partial charge in [-0.3, -0.25) is 9.36 Å². The number of esters is 1. The van der Waals surface area contributed by atoms with Crippen molar-refractivity contribution in [1.29, 1.82) is 0 Å². The highest BCUT2D eigenvalue weighted by Crippen LogP contribution is 2.45. The van der Waals surface area contributed by atoms with Crippen LogP contribution in [0.4, 0.5) is 5.82 Å². The van der Waals surface area contributed by atoms with Crippen LogP contribution in [0.25, 0.3) is 10.4 Å². The van der Waals surface area contributed by atoms with Gasteiger partial charge in [0.25, 0.3) is 0 Å². The summed E-state index contributed by atoms with van der Waals surface area (Å²) in [5.41, 5.74) is 12.7. The second kappa shape index (κ2) is 6.90. The standard InChI is InChI=1S/C14H20N6O4/c1-4-14(7-17-19-16)8(2)11(23-9(3)21)12(24-14)20-6-5-10(15)18-13(20)22/h5-6,8,11-12H,4,7H2,1-3H3,(H2,15,18,22)/t8-,11-,12+,14-/m0/s1. The third kappa shape index (κ3) is 3.19. The summed E-state index contributed by atoms with van der Waals surface area (Å²) in [5, 5.41) is 3.62. The molecular formula is C14H20N6O4. The van der Waals surface area contributed by atoms with Gasteiger partial charge in [-0.15, -0.1) is 0 Å². The molecule has 0 unspecified atom stereocenters. The largest absolute Gasteiger partial charge is 0.457 e. The molecule has 24 heavy (non-hydrogen) atoms. The molecule has 0 saturated carbocycles. The van der Waals surface area contributed by atoms with Gasteiger partial charge in [0.15, 0.2) is 12.3 Å². The Morgan fingerprint density at radius 1 is 1.67 bits per heavy atom. The number of carbonyl (C=O) groups is 1. The van der Waals surface area contributed by atoms with Gasteiger partial charge < -0.3 is 15.2 Å². The fraction of sp³-hybridized carbons (Fsp3) is 0.643. The van der Waals surface area contributed by atoms with Gasteiger partial charge in [0.05, 0.1) is 12.1 Å². The van der Waals surface area contributed by atoms with Crippen molar-refractivity contribution in [3.05, 3.63) is 33.2 Å². The van der Waals surface area contributed by atoms with Gasteiger partial charge in [0.2, 0.25) is 0 Å². The first-order valence-corrected chi connectivity index (χ1v) is 7.55. The van der Waals surface area contributed by atoms with Crippen molar-refractivity contribution in [2.45, 2.75) is 45.1 Å². The molecule has 0 aromatic carbocycles. The van der Waals surface area contributed by atoms with E-state index in [4.69, 9.17) is 20.7 Å². The fourth-order valence-corrected chi connectivity index (χ4v) is 3.00. The smallest absolute Gasteiger partial charge is 0.351 e. The number of hydrogen-bond acceptors (Lipinski definition) is 7. The lowest BCUT2D eigenvalue weighted by Crippen LogP contribution is -2.39. The van der Waals surface area contributed by atoms with Crippen LogP contribution in [-0.2, 0) is 14.3 Å². The second-order valence-corrected chi connectivity index (χ2v) is 5.72. The highest BCUT2D eigenvalue weighted by Gasteiger charge is 2.54. The molecule has 2 heterocycles. The number of nitrogens with zero attached hydrogens (tertiary/aromatic N) is 5. The molecule has 2 rings (SSSR count). The summed E-state index contributed by atoms with van der Waals surface area (Å²) in [4.78, 5) is 30.1. The summed E-state index contributed by atoms with van der Waals surface area (Å²) in [6.45, 7) is 5.06. The van der Waals surface area contributed by atoms with E-state index in [1.807, 2.05) is 13.8 Å². The average molecular weight is 336 g/mol. The molecular weight excluding hydrogens is 316 g/mol. The maximum Gasteiger partial charge on any atom is 0.351 e. The number of nitrogens with two attached hydrogens (primary N) is 1. The normalized spacial score (nSPS) is 29.0. The number of rotatable bonds is 5. The molecule has 2 N–H and O–H groups in total. The number of nitrogen functional groups attached to an aromatic ring is 1. The van der Waals surface area contributed by atoms with Crippen molar-refractivity contribution in [1.82, 2.24) is 9.55 Å². The number of ether oxygens (including phenoxy) is 2. The number of carbonyl (C=O) groups excluding carboxylic acids is 1. The Labute approximate surface area is 138 Å². The fourth-order valence-electron chi connectivity index (χ4n) is 3.00. The van der Waals surface area contributed by atoms with E-state index < -0.39 is 29.6 Å². The van der Waals surface area contributed by atoms with Crippen molar-refractivity contribution in [2.24, 2.45) is 11.0 Å². The Morgan fingerprint density at radius 2 is 2.38 bits per heavy atom.